The van der Waals surface area contributed by atoms with Crippen LogP contribution in [0.15, 0.2) is 6.07 Å². The molecule has 0 saturated heterocycles. The summed E-state index contributed by atoms with van der Waals surface area (Å²) in [5, 5.41) is 17.0. The second-order valence-electron chi connectivity index (χ2n) is 5.26. The van der Waals surface area contributed by atoms with Crippen LogP contribution in [-0.2, 0) is 19.9 Å². The van der Waals surface area contributed by atoms with E-state index < -0.39 is 0 Å². The number of nitrogens with one attached hydrogen (secondary N) is 1. The minimum Gasteiger partial charge on any atom is -0.313 e. The topological polar surface area (TPSA) is 55.6 Å². The summed E-state index contributed by atoms with van der Waals surface area (Å²) in [7, 11) is 3.88. The lowest BCUT2D eigenvalue weighted by Crippen LogP contribution is -2.22. The maximum Gasteiger partial charge on any atom is 0.0847 e. The summed E-state index contributed by atoms with van der Waals surface area (Å²) >= 11 is 6.37. The second-order valence-corrected chi connectivity index (χ2v) is 5.63. The molecule has 0 aliphatic carbocycles. The van der Waals surface area contributed by atoms with E-state index in [-0.39, 0.29) is 6.04 Å². The Morgan fingerprint density at radius 3 is 2.57 bits per heavy atom. The summed E-state index contributed by atoms with van der Waals surface area (Å²) in [6, 6.07) is 2.24. The van der Waals surface area contributed by atoms with E-state index in [9.17, 15) is 0 Å². The summed E-state index contributed by atoms with van der Waals surface area (Å²) in [5.74, 6) is 0. The molecule has 1 N–H and O–H groups in total. The molecule has 5 nitrogen and oxygen atoms in total. The highest BCUT2D eigenvalue weighted by atomic mass is 35.5. The molecule has 0 saturated carbocycles. The van der Waals surface area contributed by atoms with Crippen molar-refractivity contribution in [2.24, 2.45) is 7.05 Å². The van der Waals surface area contributed by atoms with Crippen LogP contribution in [0.2, 0.25) is 5.02 Å². The molecule has 2 aromatic rings. The van der Waals surface area contributed by atoms with Crippen LogP contribution in [0.3, 0.4) is 0 Å². The van der Waals surface area contributed by atoms with Gasteiger partial charge in [0.05, 0.1) is 27.8 Å². The number of halogens is 1. The van der Waals surface area contributed by atoms with Gasteiger partial charge in [-0.1, -0.05) is 18.5 Å². The molecule has 0 radical (unpaired) electrons. The van der Waals surface area contributed by atoms with Gasteiger partial charge in [0.15, 0.2) is 0 Å². The Morgan fingerprint density at radius 1 is 1.33 bits per heavy atom. The van der Waals surface area contributed by atoms with E-state index in [2.05, 4.69) is 33.6 Å². The fourth-order valence-corrected chi connectivity index (χ4v) is 2.81. The molecule has 0 amide bonds. The Balaban J connectivity index is 2.38. The third-order valence-electron chi connectivity index (χ3n) is 3.74. The highest BCUT2D eigenvalue weighted by Crippen LogP contribution is 2.26. The van der Waals surface area contributed by atoms with Crippen molar-refractivity contribution in [1.29, 1.82) is 0 Å². The van der Waals surface area contributed by atoms with Gasteiger partial charge in [0, 0.05) is 19.5 Å². The number of nitrogens with zero attached hydrogens (tertiary/aromatic N) is 4. The number of aromatic nitrogens is 4. The fourth-order valence-electron chi connectivity index (χ4n) is 2.57. The van der Waals surface area contributed by atoms with E-state index >= 15 is 0 Å². The van der Waals surface area contributed by atoms with Crippen LogP contribution in [-0.4, -0.2) is 27.0 Å². The summed E-state index contributed by atoms with van der Waals surface area (Å²) in [4.78, 5) is 0. The Kier molecular flexibility index (Phi) is 4.96. The van der Waals surface area contributed by atoms with Gasteiger partial charge >= 0.3 is 0 Å². The van der Waals surface area contributed by atoms with Gasteiger partial charge in [-0.25, -0.2) is 0 Å². The van der Waals surface area contributed by atoms with Gasteiger partial charge in [0.1, 0.15) is 0 Å². The molecule has 0 spiro atoms. The Morgan fingerprint density at radius 2 is 2.05 bits per heavy atom. The van der Waals surface area contributed by atoms with Crippen molar-refractivity contribution >= 4 is 11.6 Å². The van der Waals surface area contributed by atoms with Crippen LogP contribution in [0.25, 0.3) is 0 Å². The van der Waals surface area contributed by atoms with Crippen LogP contribution in [0.1, 0.15) is 41.3 Å². The molecule has 0 aliphatic heterocycles. The van der Waals surface area contributed by atoms with Crippen molar-refractivity contribution in [3.05, 3.63) is 39.4 Å². The molecular weight excluding hydrogens is 286 g/mol. The average molecular weight is 308 g/mol. The third-order valence-corrected chi connectivity index (χ3v) is 4.24. The van der Waals surface area contributed by atoms with E-state index in [0.717, 1.165) is 40.6 Å². The maximum atomic E-state index is 6.37. The van der Waals surface area contributed by atoms with Crippen LogP contribution in [0.4, 0.5) is 0 Å². The Hall–Kier alpha value is -1.46. The van der Waals surface area contributed by atoms with Gasteiger partial charge < -0.3 is 5.32 Å². The first-order valence-electron chi connectivity index (χ1n) is 7.16. The van der Waals surface area contributed by atoms with E-state index in [0.29, 0.717) is 0 Å². The van der Waals surface area contributed by atoms with Gasteiger partial charge in [-0.15, -0.1) is 0 Å². The molecular formula is C15H22ClN5. The largest absolute Gasteiger partial charge is 0.313 e. The number of aryl methyl sites for hydroxylation is 4. The number of rotatable bonds is 5. The van der Waals surface area contributed by atoms with Gasteiger partial charge in [-0.3, -0.25) is 4.68 Å². The zero-order valence-corrected chi connectivity index (χ0v) is 14.0. The lowest BCUT2D eigenvalue weighted by atomic mass is 9.99. The zero-order valence-electron chi connectivity index (χ0n) is 13.2. The first-order valence-corrected chi connectivity index (χ1v) is 7.54. The van der Waals surface area contributed by atoms with Crippen molar-refractivity contribution in [2.45, 2.75) is 39.7 Å². The maximum absolute atomic E-state index is 6.37. The normalized spacial score (nSPS) is 12.7. The predicted molar refractivity (Wildman–Crippen MR) is 84.6 cm³/mol. The van der Waals surface area contributed by atoms with Crippen molar-refractivity contribution in [3.63, 3.8) is 0 Å². The molecule has 0 aliphatic rings. The van der Waals surface area contributed by atoms with Crippen molar-refractivity contribution in [2.75, 3.05) is 7.05 Å². The predicted octanol–water partition coefficient (Wildman–Crippen LogP) is 2.55. The summed E-state index contributed by atoms with van der Waals surface area (Å²) in [6.07, 6.45) is 1.63. The standard InChI is InChI=1S/C15H22ClN5/c1-6-12-11(7-9(2)18-19-12)13(17-4)8-14-15(16)10(3)20-21(14)5/h7,13,17H,6,8H2,1-5H3. The molecule has 0 aromatic carbocycles. The molecule has 0 bridgehead atoms. The van der Waals surface area contributed by atoms with Gasteiger partial charge in [-0.05, 0) is 38.9 Å². The average Bonchev–Trinajstić information content (AvgIpc) is 2.70. The molecule has 0 fully saturated rings. The molecule has 114 valence electrons. The Labute approximate surface area is 130 Å². The smallest absolute Gasteiger partial charge is 0.0847 e. The SMILES string of the molecule is CCc1nnc(C)cc1C(Cc1c(Cl)c(C)nn1C)NC. The number of likely N-dealkylation sites (N-methyl/N-ethyl adjacent to an activating group) is 1. The zero-order chi connectivity index (χ0) is 15.6. The van der Waals surface area contributed by atoms with E-state index in [1.54, 1.807) is 0 Å². The first kappa shape index (κ1) is 15.9. The van der Waals surface area contributed by atoms with Gasteiger partial charge in [0.2, 0.25) is 0 Å². The van der Waals surface area contributed by atoms with Crippen LogP contribution >= 0.6 is 11.6 Å². The molecule has 2 aromatic heterocycles. The Bertz CT molecular complexity index is 635. The van der Waals surface area contributed by atoms with Crippen molar-refractivity contribution in [3.8, 4) is 0 Å². The van der Waals surface area contributed by atoms with Crippen LogP contribution in [0.5, 0.6) is 0 Å². The lowest BCUT2D eigenvalue weighted by molar-refractivity contribution is 0.552. The molecule has 21 heavy (non-hydrogen) atoms. The van der Waals surface area contributed by atoms with Crippen molar-refractivity contribution in [1.82, 2.24) is 25.3 Å². The monoisotopic (exact) mass is 307 g/mol. The third kappa shape index (κ3) is 3.24. The van der Waals surface area contributed by atoms with E-state index in [1.807, 2.05) is 32.6 Å². The molecule has 1 atom stereocenters. The highest BCUT2D eigenvalue weighted by Gasteiger charge is 2.20. The number of hydrogen-bond acceptors (Lipinski definition) is 4. The second kappa shape index (κ2) is 6.54. The van der Waals surface area contributed by atoms with E-state index in [4.69, 9.17) is 11.6 Å². The fraction of sp³-hybridized carbons (Fsp3) is 0.533. The minimum absolute atomic E-state index is 0.140. The summed E-state index contributed by atoms with van der Waals surface area (Å²) in [6.45, 7) is 5.98. The van der Waals surface area contributed by atoms with Gasteiger partial charge in [0.25, 0.3) is 0 Å². The quantitative estimate of drug-likeness (QED) is 0.922. The summed E-state index contributed by atoms with van der Waals surface area (Å²) in [5.41, 5.74) is 5.03. The molecule has 2 rings (SSSR count). The summed E-state index contributed by atoms with van der Waals surface area (Å²) < 4.78 is 1.86. The molecule has 2 heterocycles. The molecule has 1 unspecified atom stereocenters. The van der Waals surface area contributed by atoms with Crippen LogP contribution in [0, 0.1) is 13.8 Å². The van der Waals surface area contributed by atoms with Crippen molar-refractivity contribution < 1.29 is 0 Å². The number of hydrogen-bond donors (Lipinski definition) is 1. The van der Waals surface area contributed by atoms with Crippen LogP contribution < -0.4 is 5.32 Å². The van der Waals surface area contributed by atoms with E-state index in [1.165, 1.54) is 5.56 Å². The first-order chi connectivity index (χ1) is 9.97. The highest BCUT2D eigenvalue weighted by molar-refractivity contribution is 6.31. The lowest BCUT2D eigenvalue weighted by Gasteiger charge is -2.19. The van der Waals surface area contributed by atoms with Gasteiger partial charge in [-0.2, -0.15) is 15.3 Å². The minimum atomic E-state index is 0.140. The molecule has 6 heteroatoms.